The molecule has 1 atom stereocenters. The third kappa shape index (κ3) is 1.62. The second-order valence-electron chi connectivity index (χ2n) is 3.26. The molecule has 0 saturated carbocycles. The first-order valence-electron chi connectivity index (χ1n) is 4.58. The van der Waals surface area contributed by atoms with Crippen LogP contribution in [0.2, 0.25) is 0 Å². The molecule has 0 radical (unpaired) electrons. The number of rotatable bonds is 1. The van der Waals surface area contributed by atoms with E-state index < -0.39 is 6.17 Å². The zero-order valence-electron chi connectivity index (χ0n) is 7.68. The van der Waals surface area contributed by atoms with Gasteiger partial charge in [-0.2, -0.15) is 0 Å². The lowest BCUT2D eigenvalue weighted by molar-refractivity contribution is -0.185. The molecule has 4 heteroatoms. The molecule has 2 rings (SSSR count). The van der Waals surface area contributed by atoms with E-state index in [1.54, 1.807) is 0 Å². The molecule has 1 aromatic rings. The van der Waals surface area contributed by atoms with Crippen molar-refractivity contribution < 1.29 is 10.0 Å². The molecule has 0 bridgehead atoms. The minimum Gasteiger partial charge on any atom is -0.291 e. The molecule has 1 fully saturated rings. The summed E-state index contributed by atoms with van der Waals surface area (Å²) in [6, 6.07) is 9.41. The number of hydroxylamine groups is 2. The molecule has 74 valence electrons. The first-order valence-corrected chi connectivity index (χ1v) is 4.58. The van der Waals surface area contributed by atoms with Crippen LogP contribution in [0.25, 0.3) is 0 Å². The SMILES string of the molecule is O=C1CCNC(c2ccccc2)N1O. The number of hydrogen-bond acceptors (Lipinski definition) is 3. The van der Waals surface area contributed by atoms with Gasteiger partial charge in [-0.15, -0.1) is 0 Å². The Labute approximate surface area is 82.1 Å². The van der Waals surface area contributed by atoms with Crippen LogP contribution in [-0.4, -0.2) is 22.7 Å². The monoisotopic (exact) mass is 192 g/mol. The van der Waals surface area contributed by atoms with Crippen molar-refractivity contribution in [2.45, 2.75) is 12.6 Å². The van der Waals surface area contributed by atoms with Gasteiger partial charge in [-0.25, -0.2) is 5.06 Å². The second kappa shape index (κ2) is 3.77. The Balaban J connectivity index is 2.22. The summed E-state index contributed by atoms with van der Waals surface area (Å²) in [6.45, 7) is 0.607. The summed E-state index contributed by atoms with van der Waals surface area (Å²) in [5.41, 5.74) is 0.892. The number of benzene rings is 1. The van der Waals surface area contributed by atoms with Crippen molar-refractivity contribution in [3.63, 3.8) is 0 Å². The molecule has 0 aliphatic carbocycles. The summed E-state index contributed by atoms with van der Waals surface area (Å²) in [4.78, 5) is 11.2. The van der Waals surface area contributed by atoms with Crippen LogP contribution in [-0.2, 0) is 4.79 Å². The maximum Gasteiger partial charge on any atom is 0.249 e. The van der Waals surface area contributed by atoms with Crippen molar-refractivity contribution in [3.05, 3.63) is 35.9 Å². The van der Waals surface area contributed by atoms with E-state index in [9.17, 15) is 10.0 Å². The van der Waals surface area contributed by atoms with Crippen molar-refractivity contribution in [2.75, 3.05) is 6.54 Å². The highest BCUT2D eigenvalue weighted by Gasteiger charge is 2.27. The number of nitrogens with zero attached hydrogens (tertiary/aromatic N) is 1. The minimum atomic E-state index is -0.405. The van der Waals surface area contributed by atoms with Crippen molar-refractivity contribution in [1.82, 2.24) is 10.4 Å². The van der Waals surface area contributed by atoms with Crippen LogP contribution in [0.15, 0.2) is 30.3 Å². The van der Waals surface area contributed by atoms with E-state index in [2.05, 4.69) is 5.32 Å². The van der Waals surface area contributed by atoms with Crippen LogP contribution in [0, 0.1) is 0 Å². The van der Waals surface area contributed by atoms with E-state index in [1.165, 1.54) is 0 Å². The largest absolute Gasteiger partial charge is 0.291 e. The normalized spacial score (nSPS) is 22.5. The van der Waals surface area contributed by atoms with Gasteiger partial charge in [0.15, 0.2) is 0 Å². The Kier molecular flexibility index (Phi) is 2.47. The maximum absolute atomic E-state index is 11.2. The topological polar surface area (TPSA) is 52.6 Å². The molecule has 1 saturated heterocycles. The highest BCUT2D eigenvalue weighted by molar-refractivity contribution is 5.76. The van der Waals surface area contributed by atoms with Gasteiger partial charge in [0.25, 0.3) is 0 Å². The van der Waals surface area contributed by atoms with Gasteiger partial charge in [0, 0.05) is 13.0 Å². The highest BCUT2D eigenvalue weighted by Crippen LogP contribution is 2.19. The van der Waals surface area contributed by atoms with Crippen LogP contribution in [0.1, 0.15) is 18.2 Å². The predicted octanol–water partition coefficient (Wildman–Crippen LogP) is 0.896. The van der Waals surface area contributed by atoms with Crippen LogP contribution in [0.5, 0.6) is 0 Å². The van der Waals surface area contributed by atoms with Crippen molar-refractivity contribution in [2.24, 2.45) is 0 Å². The molecular weight excluding hydrogens is 180 g/mol. The number of carbonyl (C=O) groups is 1. The molecule has 0 aromatic heterocycles. The average molecular weight is 192 g/mol. The number of nitrogens with one attached hydrogen (secondary N) is 1. The van der Waals surface area contributed by atoms with E-state index in [1.807, 2.05) is 30.3 Å². The fraction of sp³-hybridized carbons (Fsp3) is 0.300. The summed E-state index contributed by atoms with van der Waals surface area (Å²) in [6.07, 6.45) is -0.0581. The van der Waals surface area contributed by atoms with Crippen LogP contribution in [0.3, 0.4) is 0 Å². The Hall–Kier alpha value is -1.39. The Morgan fingerprint density at radius 2 is 2.07 bits per heavy atom. The molecule has 4 nitrogen and oxygen atoms in total. The number of hydrogen-bond donors (Lipinski definition) is 2. The van der Waals surface area contributed by atoms with Crippen LogP contribution in [0.4, 0.5) is 0 Å². The smallest absolute Gasteiger partial charge is 0.249 e. The fourth-order valence-corrected chi connectivity index (χ4v) is 1.56. The van der Waals surface area contributed by atoms with Crippen molar-refractivity contribution in [1.29, 1.82) is 0 Å². The van der Waals surface area contributed by atoms with Gasteiger partial charge in [0.1, 0.15) is 6.17 Å². The van der Waals surface area contributed by atoms with Gasteiger partial charge >= 0.3 is 0 Å². The zero-order chi connectivity index (χ0) is 9.97. The Bertz CT molecular complexity index is 326. The molecule has 0 spiro atoms. The van der Waals surface area contributed by atoms with E-state index in [-0.39, 0.29) is 5.91 Å². The van der Waals surface area contributed by atoms with Crippen molar-refractivity contribution >= 4 is 5.91 Å². The van der Waals surface area contributed by atoms with E-state index in [0.29, 0.717) is 13.0 Å². The standard InChI is InChI=1S/C10H12N2O2/c13-9-6-7-11-10(12(9)14)8-4-2-1-3-5-8/h1-5,10-11,14H,6-7H2. The lowest BCUT2D eigenvalue weighted by Gasteiger charge is -2.31. The van der Waals surface area contributed by atoms with Crippen LogP contribution < -0.4 is 5.32 Å². The first-order chi connectivity index (χ1) is 6.79. The molecule has 1 unspecified atom stereocenters. The van der Waals surface area contributed by atoms with Crippen molar-refractivity contribution in [3.8, 4) is 0 Å². The Morgan fingerprint density at radius 3 is 2.79 bits per heavy atom. The molecule has 1 aliphatic heterocycles. The van der Waals surface area contributed by atoms with Gasteiger partial charge in [-0.3, -0.25) is 15.3 Å². The summed E-state index contributed by atoms with van der Waals surface area (Å²) in [7, 11) is 0. The van der Waals surface area contributed by atoms with Gasteiger partial charge in [0.05, 0.1) is 0 Å². The van der Waals surface area contributed by atoms with Gasteiger partial charge < -0.3 is 0 Å². The summed E-state index contributed by atoms with van der Waals surface area (Å²) < 4.78 is 0. The molecule has 1 aliphatic rings. The third-order valence-corrected chi connectivity index (χ3v) is 2.29. The van der Waals surface area contributed by atoms with E-state index in [4.69, 9.17) is 0 Å². The van der Waals surface area contributed by atoms with Gasteiger partial charge in [-0.05, 0) is 5.56 Å². The maximum atomic E-state index is 11.2. The number of amides is 1. The lowest BCUT2D eigenvalue weighted by Crippen LogP contribution is -2.46. The third-order valence-electron chi connectivity index (χ3n) is 2.29. The van der Waals surface area contributed by atoms with E-state index >= 15 is 0 Å². The molecular formula is C10H12N2O2. The minimum absolute atomic E-state index is 0.238. The van der Waals surface area contributed by atoms with Crippen LogP contribution >= 0.6 is 0 Å². The summed E-state index contributed by atoms with van der Waals surface area (Å²) >= 11 is 0. The van der Waals surface area contributed by atoms with Gasteiger partial charge in [-0.1, -0.05) is 30.3 Å². The zero-order valence-corrected chi connectivity index (χ0v) is 7.68. The van der Waals surface area contributed by atoms with Gasteiger partial charge in [0.2, 0.25) is 5.91 Å². The number of carbonyl (C=O) groups excluding carboxylic acids is 1. The first kappa shape index (κ1) is 9.18. The van der Waals surface area contributed by atoms with E-state index in [0.717, 1.165) is 10.6 Å². The molecule has 1 aromatic carbocycles. The quantitative estimate of drug-likeness (QED) is 0.650. The second-order valence-corrected chi connectivity index (χ2v) is 3.26. The molecule has 14 heavy (non-hydrogen) atoms. The summed E-state index contributed by atoms with van der Waals surface area (Å²) in [5, 5.41) is 13.3. The fourth-order valence-electron chi connectivity index (χ4n) is 1.56. The average Bonchev–Trinajstić information content (AvgIpc) is 2.23. The molecule has 1 heterocycles. The summed E-state index contributed by atoms with van der Waals surface area (Å²) in [5.74, 6) is -0.238. The predicted molar refractivity (Wildman–Crippen MR) is 50.4 cm³/mol. The molecule has 2 N–H and O–H groups in total. The molecule has 1 amide bonds. The highest BCUT2D eigenvalue weighted by atomic mass is 16.5. The lowest BCUT2D eigenvalue weighted by atomic mass is 10.1. The Morgan fingerprint density at radius 1 is 1.36 bits per heavy atom.